The van der Waals surface area contributed by atoms with Gasteiger partial charge < -0.3 is 14.6 Å². The molecule has 1 aliphatic rings. The molecule has 0 aliphatic carbocycles. The van der Waals surface area contributed by atoms with Crippen LogP contribution >= 0.6 is 11.6 Å². The van der Waals surface area contributed by atoms with Gasteiger partial charge in [-0.1, -0.05) is 50.6 Å². The third-order valence-electron chi connectivity index (χ3n) is 7.12. The lowest BCUT2D eigenvalue weighted by molar-refractivity contribution is -0.137. The first-order valence-electron chi connectivity index (χ1n) is 13.2. The number of nitrogens with zero attached hydrogens (tertiary/aromatic N) is 6. The van der Waals surface area contributed by atoms with Crippen molar-refractivity contribution in [2.75, 3.05) is 46.4 Å². The molecule has 1 N–H and O–H groups in total. The predicted octanol–water partition coefficient (Wildman–Crippen LogP) is 5.62. The molecule has 12 heteroatoms. The van der Waals surface area contributed by atoms with Gasteiger partial charge in [0.15, 0.2) is 5.82 Å². The van der Waals surface area contributed by atoms with Crippen molar-refractivity contribution in [3.63, 3.8) is 0 Å². The van der Waals surface area contributed by atoms with Crippen molar-refractivity contribution in [2.45, 2.75) is 32.4 Å². The van der Waals surface area contributed by atoms with Gasteiger partial charge in [0.25, 0.3) is 0 Å². The summed E-state index contributed by atoms with van der Waals surface area (Å²) in [7, 11) is 3.87. The van der Waals surface area contributed by atoms with E-state index in [-0.39, 0.29) is 22.6 Å². The molecule has 4 heterocycles. The zero-order valence-electron chi connectivity index (χ0n) is 23.2. The van der Waals surface area contributed by atoms with Crippen molar-refractivity contribution in [3.8, 4) is 28.7 Å². The van der Waals surface area contributed by atoms with Crippen LogP contribution in [-0.2, 0) is 18.6 Å². The third-order valence-corrected chi connectivity index (χ3v) is 7.47. The molecule has 1 fully saturated rings. The maximum absolute atomic E-state index is 13.9. The highest BCUT2D eigenvalue weighted by Gasteiger charge is 2.34. The van der Waals surface area contributed by atoms with E-state index in [2.05, 4.69) is 31.9 Å². The van der Waals surface area contributed by atoms with Crippen molar-refractivity contribution in [2.24, 2.45) is 7.05 Å². The van der Waals surface area contributed by atoms with Crippen LogP contribution in [0.1, 0.15) is 32.0 Å². The lowest BCUT2D eigenvalue weighted by Crippen LogP contribution is -2.45. The molecule has 4 aromatic rings. The summed E-state index contributed by atoms with van der Waals surface area (Å²) in [6.07, 6.45) is -4.54. The molecule has 214 valence electrons. The van der Waals surface area contributed by atoms with E-state index in [1.165, 1.54) is 12.1 Å². The van der Waals surface area contributed by atoms with Gasteiger partial charge in [0.1, 0.15) is 17.8 Å². The van der Waals surface area contributed by atoms with Crippen LogP contribution in [0, 0.1) is 0 Å². The molecule has 1 aliphatic heterocycles. The Balaban J connectivity index is 1.58. The van der Waals surface area contributed by atoms with Gasteiger partial charge in [0, 0.05) is 50.7 Å². The Bertz CT molecular complexity index is 1510. The van der Waals surface area contributed by atoms with Gasteiger partial charge >= 0.3 is 6.18 Å². The van der Waals surface area contributed by atoms with Crippen molar-refractivity contribution in [1.29, 1.82) is 0 Å². The lowest BCUT2D eigenvalue weighted by Gasteiger charge is -2.32. The number of likely N-dealkylation sites (N-methyl/N-ethyl adjacent to an activating group) is 1. The quantitative estimate of drug-likeness (QED) is 0.322. The van der Waals surface area contributed by atoms with Crippen LogP contribution in [0.4, 0.5) is 13.2 Å². The number of halogens is 4. The van der Waals surface area contributed by atoms with E-state index in [1.807, 2.05) is 20.8 Å². The zero-order valence-corrected chi connectivity index (χ0v) is 24.0. The number of aryl methyl sites for hydroxylation is 1. The molecule has 1 aromatic carbocycles. The molecular weight excluding hydrogens is 543 g/mol. The van der Waals surface area contributed by atoms with Crippen molar-refractivity contribution in [1.82, 2.24) is 34.5 Å². The molecule has 8 nitrogen and oxygen atoms in total. The fourth-order valence-corrected chi connectivity index (χ4v) is 5.40. The first-order valence-corrected chi connectivity index (χ1v) is 13.5. The number of rotatable bonds is 6. The number of nitrogens with one attached hydrogen (secondary N) is 1. The number of aromatic amines is 1. The number of pyridine rings is 1. The maximum atomic E-state index is 13.9. The predicted molar refractivity (Wildman–Crippen MR) is 150 cm³/mol. The second-order valence-electron chi connectivity index (χ2n) is 11.2. The number of H-pyrrole nitrogens is 1. The van der Waals surface area contributed by atoms with Crippen LogP contribution in [0.5, 0.6) is 5.88 Å². The molecule has 40 heavy (non-hydrogen) atoms. The SMILES string of the molecule is CN1CCN(CCOc2nc(-c3ccccc3C(F)(F)F)cc3nc(-c4c(Cl)c(C(C)(C)C)nn4C)[nH]c23)CC1. The molecule has 0 radical (unpaired) electrons. The van der Waals surface area contributed by atoms with E-state index in [9.17, 15) is 13.2 Å². The highest BCUT2D eigenvalue weighted by molar-refractivity contribution is 6.33. The van der Waals surface area contributed by atoms with Crippen LogP contribution in [-0.4, -0.2) is 80.9 Å². The monoisotopic (exact) mass is 575 g/mol. The van der Waals surface area contributed by atoms with Crippen LogP contribution in [0.25, 0.3) is 33.8 Å². The minimum absolute atomic E-state index is 0.0426. The van der Waals surface area contributed by atoms with Crippen molar-refractivity contribution >= 4 is 22.6 Å². The summed E-state index contributed by atoms with van der Waals surface area (Å²) in [6, 6.07) is 6.93. The Hall–Kier alpha value is -3.15. The summed E-state index contributed by atoms with van der Waals surface area (Å²) in [6.45, 7) is 10.8. The van der Waals surface area contributed by atoms with E-state index in [1.54, 1.807) is 23.9 Å². The van der Waals surface area contributed by atoms with Crippen LogP contribution in [0.3, 0.4) is 0 Å². The standard InChI is InChI=1S/C28H33ClF3N7O/c1-27(2,3)24-21(29)23(38(5)36-24)25-33-20-16-19(17-8-6-7-9-18(17)28(30,31)32)34-26(22(20)35-25)40-15-14-39-12-10-37(4)11-13-39/h6-9,16H,10-15H2,1-5H3,(H,33,35). The van der Waals surface area contributed by atoms with Gasteiger partial charge in [-0.2, -0.15) is 18.3 Å². The Morgan fingerprint density at radius 2 is 1.73 bits per heavy atom. The van der Waals surface area contributed by atoms with Gasteiger partial charge in [-0.15, -0.1) is 0 Å². The number of fused-ring (bicyclic) bond motifs is 1. The molecule has 0 atom stereocenters. The molecule has 0 bridgehead atoms. The van der Waals surface area contributed by atoms with Gasteiger partial charge in [-0.05, 0) is 19.2 Å². The normalized spacial score (nSPS) is 15.7. The van der Waals surface area contributed by atoms with Gasteiger partial charge in [0.05, 0.1) is 27.5 Å². The van der Waals surface area contributed by atoms with Crippen LogP contribution in [0.15, 0.2) is 30.3 Å². The van der Waals surface area contributed by atoms with Gasteiger partial charge in [-0.25, -0.2) is 9.97 Å². The zero-order chi connectivity index (χ0) is 28.8. The number of alkyl halides is 3. The molecule has 0 spiro atoms. The minimum atomic E-state index is -4.54. The lowest BCUT2D eigenvalue weighted by atomic mass is 9.92. The number of aromatic nitrogens is 5. The average molecular weight is 576 g/mol. The maximum Gasteiger partial charge on any atom is 0.417 e. The van der Waals surface area contributed by atoms with Crippen LogP contribution < -0.4 is 4.74 Å². The molecule has 0 saturated carbocycles. The summed E-state index contributed by atoms with van der Waals surface area (Å²) < 4.78 is 49.4. The summed E-state index contributed by atoms with van der Waals surface area (Å²) in [5.41, 5.74) is 1.20. The van der Waals surface area contributed by atoms with E-state index < -0.39 is 11.7 Å². The molecule has 0 amide bonds. The Labute approximate surface area is 236 Å². The number of hydrogen-bond donors (Lipinski definition) is 1. The molecule has 0 unspecified atom stereocenters. The first-order chi connectivity index (χ1) is 18.8. The Kier molecular flexibility index (Phi) is 7.58. The van der Waals surface area contributed by atoms with E-state index in [0.29, 0.717) is 46.4 Å². The highest BCUT2D eigenvalue weighted by atomic mass is 35.5. The second-order valence-corrected chi connectivity index (χ2v) is 11.6. The average Bonchev–Trinajstić information content (AvgIpc) is 3.44. The summed E-state index contributed by atoms with van der Waals surface area (Å²) in [4.78, 5) is 17.1. The number of hydrogen-bond acceptors (Lipinski definition) is 6. The number of piperazine rings is 1. The number of imidazole rings is 1. The molecule has 3 aromatic heterocycles. The number of benzene rings is 1. The first kappa shape index (κ1) is 28.4. The summed E-state index contributed by atoms with van der Waals surface area (Å²) in [5, 5.41) is 5.07. The minimum Gasteiger partial charge on any atom is -0.475 e. The molecule has 5 rings (SSSR count). The van der Waals surface area contributed by atoms with E-state index in [0.717, 1.165) is 32.2 Å². The van der Waals surface area contributed by atoms with Gasteiger partial charge in [0.2, 0.25) is 5.88 Å². The second kappa shape index (κ2) is 10.7. The third kappa shape index (κ3) is 5.68. The molecule has 1 saturated heterocycles. The fourth-order valence-electron chi connectivity index (χ4n) is 4.87. The van der Waals surface area contributed by atoms with E-state index >= 15 is 0 Å². The van der Waals surface area contributed by atoms with Gasteiger partial charge in [-0.3, -0.25) is 9.58 Å². The van der Waals surface area contributed by atoms with Crippen LogP contribution in [0.2, 0.25) is 5.02 Å². The summed E-state index contributed by atoms with van der Waals surface area (Å²) >= 11 is 6.77. The van der Waals surface area contributed by atoms with Crippen molar-refractivity contribution < 1.29 is 17.9 Å². The largest absolute Gasteiger partial charge is 0.475 e. The Morgan fingerprint density at radius 3 is 2.38 bits per heavy atom. The molecular formula is C28H33ClF3N7O. The summed E-state index contributed by atoms with van der Waals surface area (Å²) in [5.74, 6) is 0.615. The Morgan fingerprint density at radius 1 is 1.02 bits per heavy atom. The smallest absolute Gasteiger partial charge is 0.417 e. The topological polar surface area (TPSA) is 75.1 Å². The number of ether oxygens (including phenoxy) is 1. The highest BCUT2D eigenvalue weighted by Crippen LogP contribution is 2.40. The fraction of sp³-hybridized carbons (Fsp3) is 0.464. The van der Waals surface area contributed by atoms with Crippen molar-refractivity contribution in [3.05, 3.63) is 46.6 Å². The van der Waals surface area contributed by atoms with E-state index in [4.69, 9.17) is 21.3 Å².